The number of aromatic amines is 1. The van der Waals surface area contributed by atoms with Gasteiger partial charge in [0.1, 0.15) is 5.75 Å². The summed E-state index contributed by atoms with van der Waals surface area (Å²) in [5, 5.41) is 4.65. The third kappa shape index (κ3) is 3.26. The Kier molecular flexibility index (Phi) is 4.11. The SMILES string of the molecule is O=c1[nH]c2c(Br)cccc2c2nc(-c3ccc(Cl)cc3OC(F)(F)F)nn12. The fourth-order valence-electron chi connectivity index (χ4n) is 2.63. The van der Waals surface area contributed by atoms with E-state index in [1.54, 1.807) is 18.2 Å². The lowest BCUT2D eigenvalue weighted by Gasteiger charge is -2.11. The van der Waals surface area contributed by atoms with Crippen molar-refractivity contribution in [3.8, 4) is 17.1 Å². The van der Waals surface area contributed by atoms with Gasteiger partial charge in [0.05, 0.1) is 11.1 Å². The second kappa shape index (κ2) is 6.24. The third-order valence-electron chi connectivity index (χ3n) is 3.70. The number of alkyl halides is 3. The average molecular weight is 460 g/mol. The summed E-state index contributed by atoms with van der Waals surface area (Å²) in [5.74, 6) is -0.670. The Labute approximate surface area is 161 Å². The van der Waals surface area contributed by atoms with Crippen molar-refractivity contribution in [1.29, 1.82) is 0 Å². The van der Waals surface area contributed by atoms with Crippen LogP contribution in [0.15, 0.2) is 45.7 Å². The minimum Gasteiger partial charge on any atom is -0.405 e. The maximum atomic E-state index is 12.7. The number of halogens is 5. The number of rotatable bonds is 2. The second-order valence-electron chi connectivity index (χ2n) is 5.45. The molecule has 2 aromatic carbocycles. The Hall–Kier alpha value is -2.59. The van der Waals surface area contributed by atoms with Crippen molar-refractivity contribution < 1.29 is 17.9 Å². The molecule has 0 bridgehead atoms. The standard InChI is InChI=1S/C16H7BrClF3N4O2/c17-10-3-1-2-9-12(10)22-15(26)25-14(9)23-13(24-25)8-5-4-7(18)6-11(8)27-16(19,20)21/h1-6H,(H,22,26). The third-order valence-corrected chi connectivity index (χ3v) is 4.59. The first-order chi connectivity index (χ1) is 12.7. The molecule has 1 N–H and O–H groups in total. The van der Waals surface area contributed by atoms with Crippen LogP contribution in [0.25, 0.3) is 27.9 Å². The first kappa shape index (κ1) is 17.8. The van der Waals surface area contributed by atoms with E-state index in [1.165, 1.54) is 12.1 Å². The van der Waals surface area contributed by atoms with E-state index in [-0.39, 0.29) is 22.1 Å². The van der Waals surface area contributed by atoms with Crippen LogP contribution in [-0.4, -0.2) is 25.9 Å². The summed E-state index contributed by atoms with van der Waals surface area (Å²) in [6, 6.07) is 8.86. The summed E-state index contributed by atoms with van der Waals surface area (Å²) in [4.78, 5) is 19.2. The van der Waals surface area contributed by atoms with Crippen molar-refractivity contribution in [2.45, 2.75) is 6.36 Å². The molecule has 27 heavy (non-hydrogen) atoms. The molecule has 0 aliphatic rings. The molecule has 2 aromatic heterocycles. The Morgan fingerprint density at radius 2 is 2.00 bits per heavy atom. The highest BCUT2D eigenvalue weighted by Gasteiger charge is 2.33. The summed E-state index contributed by atoms with van der Waals surface area (Å²) in [7, 11) is 0. The Balaban J connectivity index is 1.99. The molecule has 138 valence electrons. The van der Waals surface area contributed by atoms with Crippen molar-refractivity contribution in [3.63, 3.8) is 0 Å². The zero-order valence-corrected chi connectivity index (χ0v) is 15.4. The summed E-state index contributed by atoms with van der Waals surface area (Å²) in [6.07, 6.45) is -4.92. The molecule has 4 rings (SSSR count). The zero-order chi connectivity index (χ0) is 19.3. The maximum Gasteiger partial charge on any atom is 0.573 e. The summed E-state index contributed by atoms with van der Waals surface area (Å²) < 4.78 is 43.8. The summed E-state index contributed by atoms with van der Waals surface area (Å²) >= 11 is 9.11. The fraction of sp³-hybridized carbons (Fsp3) is 0.0625. The van der Waals surface area contributed by atoms with Crippen LogP contribution >= 0.6 is 27.5 Å². The minimum atomic E-state index is -4.92. The topological polar surface area (TPSA) is 72.3 Å². The highest BCUT2D eigenvalue weighted by atomic mass is 79.9. The van der Waals surface area contributed by atoms with E-state index < -0.39 is 17.8 Å². The van der Waals surface area contributed by atoms with Gasteiger partial charge in [-0.05, 0) is 46.3 Å². The van der Waals surface area contributed by atoms with E-state index in [1.807, 2.05) is 0 Å². The monoisotopic (exact) mass is 458 g/mol. The number of hydrogen-bond acceptors (Lipinski definition) is 4. The van der Waals surface area contributed by atoms with Crippen LogP contribution in [0.2, 0.25) is 5.02 Å². The molecule has 2 heterocycles. The average Bonchev–Trinajstić information content (AvgIpc) is 3.00. The molecule has 4 aromatic rings. The smallest absolute Gasteiger partial charge is 0.405 e. The molecule has 0 fully saturated rings. The Morgan fingerprint density at radius 3 is 2.74 bits per heavy atom. The number of para-hydroxylation sites is 1. The van der Waals surface area contributed by atoms with Gasteiger partial charge in [0.2, 0.25) is 0 Å². The second-order valence-corrected chi connectivity index (χ2v) is 6.74. The maximum absolute atomic E-state index is 12.7. The Bertz CT molecular complexity index is 1250. The predicted octanol–water partition coefficient (Wildman–Crippen LogP) is 4.55. The highest BCUT2D eigenvalue weighted by Crippen LogP contribution is 2.35. The molecule has 0 atom stereocenters. The molecule has 0 spiro atoms. The van der Waals surface area contributed by atoms with Gasteiger partial charge in [-0.1, -0.05) is 17.7 Å². The van der Waals surface area contributed by atoms with Crippen molar-refractivity contribution >= 4 is 44.1 Å². The van der Waals surface area contributed by atoms with Crippen LogP contribution in [0, 0.1) is 0 Å². The van der Waals surface area contributed by atoms with E-state index in [0.717, 1.165) is 10.6 Å². The molecule has 0 unspecified atom stereocenters. The summed E-state index contributed by atoms with van der Waals surface area (Å²) in [6.45, 7) is 0. The van der Waals surface area contributed by atoms with Crippen LogP contribution in [0.4, 0.5) is 13.2 Å². The van der Waals surface area contributed by atoms with E-state index in [9.17, 15) is 18.0 Å². The first-order valence-electron chi connectivity index (χ1n) is 7.36. The highest BCUT2D eigenvalue weighted by molar-refractivity contribution is 9.10. The quantitative estimate of drug-likeness (QED) is 0.477. The van der Waals surface area contributed by atoms with E-state index >= 15 is 0 Å². The van der Waals surface area contributed by atoms with Crippen LogP contribution < -0.4 is 10.4 Å². The van der Waals surface area contributed by atoms with Crippen LogP contribution in [-0.2, 0) is 0 Å². The van der Waals surface area contributed by atoms with Gasteiger partial charge >= 0.3 is 12.1 Å². The van der Waals surface area contributed by atoms with Gasteiger partial charge in [0.15, 0.2) is 11.5 Å². The van der Waals surface area contributed by atoms with E-state index in [4.69, 9.17) is 11.6 Å². The van der Waals surface area contributed by atoms with Crippen molar-refractivity contribution in [1.82, 2.24) is 19.6 Å². The van der Waals surface area contributed by atoms with Gasteiger partial charge in [-0.25, -0.2) is 9.78 Å². The van der Waals surface area contributed by atoms with Gasteiger partial charge < -0.3 is 9.72 Å². The van der Waals surface area contributed by atoms with Crippen LogP contribution in [0.5, 0.6) is 5.75 Å². The van der Waals surface area contributed by atoms with Gasteiger partial charge in [-0.3, -0.25) is 0 Å². The van der Waals surface area contributed by atoms with E-state index in [2.05, 4.69) is 35.7 Å². The molecule has 0 amide bonds. The molecule has 0 aliphatic carbocycles. The lowest BCUT2D eigenvalue weighted by Crippen LogP contribution is -2.18. The molecular weight excluding hydrogens is 453 g/mol. The lowest BCUT2D eigenvalue weighted by molar-refractivity contribution is -0.274. The minimum absolute atomic E-state index is 0.0500. The first-order valence-corrected chi connectivity index (χ1v) is 8.53. The van der Waals surface area contributed by atoms with Gasteiger partial charge in [0, 0.05) is 14.9 Å². The number of H-pyrrole nitrogens is 1. The van der Waals surface area contributed by atoms with Gasteiger partial charge in [-0.2, -0.15) is 4.52 Å². The number of nitrogens with zero attached hydrogens (tertiary/aromatic N) is 3. The fourth-order valence-corrected chi connectivity index (χ4v) is 3.26. The summed E-state index contributed by atoms with van der Waals surface area (Å²) in [5.41, 5.74) is 0.0492. The lowest BCUT2D eigenvalue weighted by atomic mass is 10.2. The van der Waals surface area contributed by atoms with Crippen molar-refractivity contribution in [2.75, 3.05) is 0 Å². The number of benzene rings is 2. The van der Waals surface area contributed by atoms with Crippen LogP contribution in [0.1, 0.15) is 0 Å². The molecule has 0 saturated heterocycles. The van der Waals surface area contributed by atoms with Crippen LogP contribution in [0.3, 0.4) is 0 Å². The normalized spacial score (nSPS) is 12.0. The number of nitrogens with one attached hydrogen (secondary N) is 1. The predicted molar refractivity (Wildman–Crippen MR) is 95.9 cm³/mol. The number of ether oxygens (including phenoxy) is 1. The zero-order valence-electron chi connectivity index (χ0n) is 13.0. The number of aromatic nitrogens is 4. The molecule has 0 saturated carbocycles. The van der Waals surface area contributed by atoms with Crippen molar-refractivity contribution in [2.24, 2.45) is 0 Å². The molecular formula is C16H7BrClF3N4O2. The molecule has 0 aliphatic heterocycles. The van der Waals surface area contributed by atoms with Gasteiger partial charge in [0.25, 0.3) is 0 Å². The number of hydrogen-bond donors (Lipinski definition) is 1. The largest absolute Gasteiger partial charge is 0.573 e. The Morgan fingerprint density at radius 1 is 1.22 bits per heavy atom. The van der Waals surface area contributed by atoms with Crippen molar-refractivity contribution in [3.05, 3.63) is 56.4 Å². The molecule has 11 heteroatoms. The van der Waals surface area contributed by atoms with E-state index in [0.29, 0.717) is 15.4 Å². The van der Waals surface area contributed by atoms with Gasteiger partial charge in [-0.15, -0.1) is 18.3 Å². The molecule has 6 nitrogen and oxygen atoms in total. The number of fused-ring (bicyclic) bond motifs is 3. The molecule has 0 radical (unpaired) electrons.